The van der Waals surface area contributed by atoms with Crippen molar-refractivity contribution in [1.29, 1.82) is 0 Å². The van der Waals surface area contributed by atoms with Crippen molar-refractivity contribution in [3.8, 4) is 0 Å². The summed E-state index contributed by atoms with van der Waals surface area (Å²) in [7, 11) is 0. The van der Waals surface area contributed by atoms with E-state index in [0.29, 0.717) is 12.5 Å². The Morgan fingerprint density at radius 2 is 2.17 bits per heavy atom. The highest BCUT2D eigenvalue weighted by Crippen LogP contribution is 2.20. The molecule has 4 nitrogen and oxygen atoms in total. The van der Waals surface area contributed by atoms with Crippen LogP contribution in [0.15, 0.2) is 29.8 Å². The molecule has 0 unspecified atom stereocenters. The van der Waals surface area contributed by atoms with Gasteiger partial charge in [-0.05, 0) is 56.5 Å². The first-order valence-corrected chi connectivity index (χ1v) is 9.17. The van der Waals surface area contributed by atoms with Crippen molar-refractivity contribution in [3.63, 3.8) is 0 Å². The summed E-state index contributed by atoms with van der Waals surface area (Å²) in [5.41, 5.74) is 5.53. The zero-order valence-electron chi connectivity index (χ0n) is 13.7. The Labute approximate surface area is 142 Å². The maximum Gasteiger partial charge on any atom is 0.0798 e. The number of piperidine rings is 1. The fourth-order valence-electron chi connectivity index (χ4n) is 3.04. The molecule has 1 aromatic heterocycles. The second-order valence-corrected chi connectivity index (χ2v) is 7.26. The number of likely N-dealkylation sites (tertiary alicyclic amines) is 1. The van der Waals surface area contributed by atoms with Gasteiger partial charge in [-0.2, -0.15) is 0 Å². The molecule has 0 saturated carbocycles. The Bertz CT molecular complexity index is 620. The minimum atomic E-state index is 0.338. The molecule has 0 atom stereocenters. The molecule has 23 heavy (non-hydrogen) atoms. The van der Waals surface area contributed by atoms with E-state index in [1.807, 2.05) is 5.51 Å². The molecule has 0 aliphatic carbocycles. The van der Waals surface area contributed by atoms with Gasteiger partial charge in [0.2, 0.25) is 0 Å². The fourth-order valence-corrected chi connectivity index (χ4v) is 3.76. The molecule has 1 aliphatic heterocycles. The highest BCUT2D eigenvalue weighted by Gasteiger charge is 2.18. The molecule has 1 aromatic carbocycles. The van der Waals surface area contributed by atoms with Crippen LogP contribution in [-0.4, -0.2) is 34.7 Å². The highest BCUT2D eigenvalue weighted by molar-refractivity contribution is 7.09. The Hall–Kier alpha value is -1.43. The van der Waals surface area contributed by atoms with Crippen LogP contribution in [0.5, 0.6) is 0 Å². The van der Waals surface area contributed by atoms with Crippen LogP contribution in [0, 0.1) is 12.8 Å². The number of thiazole rings is 1. The zero-order valence-corrected chi connectivity index (χ0v) is 14.5. The largest absolute Gasteiger partial charge is 0.396 e. The van der Waals surface area contributed by atoms with E-state index in [1.165, 1.54) is 16.1 Å². The SMILES string of the molecule is Cc1ncsc1CNc1cccc(CN2CCC(CO)CC2)c1. The number of hydrogen-bond donors (Lipinski definition) is 2. The van der Waals surface area contributed by atoms with Crippen LogP contribution in [-0.2, 0) is 13.1 Å². The van der Waals surface area contributed by atoms with Crippen LogP contribution in [0.3, 0.4) is 0 Å². The summed E-state index contributed by atoms with van der Waals surface area (Å²) in [5.74, 6) is 0.502. The van der Waals surface area contributed by atoms with Gasteiger partial charge in [0.25, 0.3) is 0 Å². The van der Waals surface area contributed by atoms with E-state index in [4.69, 9.17) is 0 Å². The van der Waals surface area contributed by atoms with Crippen LogP contribution in [0.2, 0.25) is 0 Å². The molecule has 2 aromatic rings. The van der Waals surface area contributed by atoms with E-state index in [-0.39, 0.29) is 0 Å². The van der Waals surface area contributed by atoms with Gasteiger partial charge >= 0.3 is 0 Å². The number of nitrogens with one attached hydrogen (secondary N) is 1. The monoisotopic (exact) mass is 331 g/mol. The quantitative estimate of drug-likeness (QED) is 0.853. The molecule has 124 valence electrons. The normalized spacial score (nSPS) is 16.6. The van der Waals surface area contributed by atoms with Gasteiger partial charge in [-0.25, -0.2) is 4.98 Å². The lowest BCUT2D eigenvalue weighted by atomic mass is 9.97. The van der Waals surface area contributed by atoms with Crippen LogP contribution in [0.25, 0.3) is 0 Å². The van der Waals surface area contributed by atoms with Gasteiger partial charge < -0.3 is 10.4 Å². The molecule has 1 aliphatic rings. The predicted molar refractivity (Wildman–Crippen MR) is 95.7 cm³/mol. The lowest BCUT2D eigenvalue weighted by Crippen LogP contribution is -2.34. The maximum atomic E-state index is 9.23. The number of anilines is 1. The van der Waals surface area contributed by atoms with Crippen LogP contribution in [0.4, 0.5) is 5.69 Å². The number of rotatable bonds is 6. The lowest BCUT2D eigenvalue weighted by molar-refractivity contribution is 0.127. The summed E-state index contributed by atoms with van der Waals surface area (Å²) in [6.07, 6.45) is 2.22. The van der Waals surface area contributed by atoms with Crippen molar-refractivity contribution >= 4 is 17.0 Å². The third-order valence-electron chi connectivity index (χ3n) is 4.60. The second-order valence-electron chi connectivity index (χ2n) is 6.32. The smallest absolute Gasteiger partial charge is 0.0798 e. The summed E-state index contributed by atoms with van der Waals surface area (Å²) in [6, 6.07) is 8.69. The van der Waals surface area contributed by atoms with Crippen LogP contribution in [0.1, 0.15) is 29.0 Å². The third-order valence-corrected chi connectivity index (χ3v) is 5.53. The number of aromatic nitrogens is 1. The van der Waals surface area contributed by atoms with Gasteiger partial charge in [0.05, 0.1) is 17.7 Å². The molecule has 2 heterocycles. The number of aliphatic hydroxyl groups excluding tert-OH is 1. The van der Waals surface area contributed by atoms with E-state index in [0.717, 1.165) is 44.7 Å². The van der Waals surface area contributed by atoms with E-state index < -0.39 is 0 Å². The summed E-state index contributed by atoms with van der Waals surface area (Å²) in [4.78, 5) is 8.07. The van der Waals surface area contributed by atoms with Crippen LogP contribution < -0.4 is 5.32 Å². The molecule has 0 amide bonds. The first-order chi connectivity index (χ1) is 11.2. The van der Waals surface area contributed by atoms with Crippen molar-refractivity contribution in [2.24, 2.45) is 5.92 Å². The van der Waals surface area contributed by atoms with E-state index in [1.54, 1.807) is 11.3 Å². The van der Waals surface area contributed by atoms with E-state index in [2.05, 4.69) is 46.4 Å². The molecule has 0 bridgehead atoms. The standard InChI is InChI=1S/C18H25N3OS/c1-14-18(23-13-20-14)10-19-17-4-2-3-16(9-17)11-21-7-5-15(12-22)6-8-21/h2-4,9,13,15,19,22H,5-8,10-12H2,1H3. The molecule has 1 saturated heterocycles. The van der Waals surface area contributed by atoms with Crippen molar-refractivity contribution < 1.29 is 5.11 Å². The first-order valence-electron chi connectivity index (χ1n) is 8.29. The molecule has 5 heteroatoms. The summed E-state index contributed by atoms with van der Waals surface area (Å²) in [6.45, 7) is 6.39. The van der Waals surface area contributed by atoms with Gasteiger partial charge in [0.1, 0.15) is 0 Å². The average molecular weight is 331 g/mol. The molecular weight excluding hydrogens is 306 g/mol. The Kier molecular flexibility index (Phi) is 5.65. The molecule has 1 fully saturated rings. The number of aryl methyl sites for hydroxylation is 1. The zero-order chi connectivity index (χ0) is 16.1. The first kappa shape index (κ1) is 16.4. The second kappa shape index (κ2) is 7.90. The molecule has 3 rings (SSSR count). The fraction of sp³-hybridized carbons (Fsp3) is 0.500. The van der Waals surface area contributed by atoms with Gasteiger partial charge in [0.15, 0.2) is 0 Å². The predicted octanol–water partition coefficient (Wildman–Crippen LogP) is 3.27. The number of benzene rings is 1. The van der Waals surface area contributed by atoms with Gasteiger partial charge in [-0.1, -0.05) is 12.1 Å². The van der Waals surface area contributed by atoms with Gasteiger partial charge in [0, 0.05) is 23.7 Å². The minimum absolute atomic E-state index is 0.338. The van der Waals surface area contributed by atoms with E-state index in [9.17, 15) is 5.11 Å². The van der Waals surface area contributed by atoms with Crippen LogP contribution >= 0.6 is 11.3 Å². The summed E-state index contributed by atoms with van der Waals surface area (Å²) in [5, 5.41) is 12.7. The number of nitrogens with zero attached hydrogens (tertiary/aromatic N) is 2. The van der Waals surface area contributed by atoms with Crippen molar-refractivity contribution in [3.05, 3.63) is 45.9 Å². The number of hydrogen-bond acceptors (Lipinski definition) is 5. The maximum absolute atomic E-state index is 9.23. The lowest BCUT2D eigenvalue weighted by Gasteiger charge is -2.31. The number of aliphatic hydroxyl groups is 1. The van der Waals surface area contributed by atoms with Crippen molar-refractivity contribution in [2.45, 2.75) is 32.9 Å². The summed E-state index contributed by atoms with van der Waals surface area (Å²) >= 11 is 1.70. The minimum Gasteiger partial charge on any atom is -0.396 e. The van der Waals surface area contributed by atoms with Crippen molar-refractivity contribution in [2.75, 3.05) is 25.0 Å². The Morgan fingerprint density at radius 3 is 2.87 bits per heavy atom. The Morgan fingerprint density at radius 1 is 1.35 bits per heavy atom. The Balaban J connectivity index is 1.54. The molecule has 2 N–H and O–H groups in total. The molecule has 0 spiro atoms. The van der Waals surface area contributed by atoms with Crippen molar-refractivity contribution in [1.82, 2.24) is 9.88 Å². The van der Waals surface area contributed by atoms with E-state index >= 15 is 0 Å². The third kappa shape index (κ3) is 4.53. The van der Waals surface area contributed by atoms with Gasteiger partial charge in [-0.3, -0.25) is 4.90 Å². The average Bonchev–Trinajstić information content (AvgIpc) is 2.99. The molecule has 0 radical (unpaired) electrons. The van der Waals surface area contributed by atoms with Gasteiger partial charge in [-0.15, -0.1) is 11.3 Å². The molecular formula is C18H25N3OS. The topological polar surface area (TPSA) is 48.4 Å². The summed E-state index contributed by atoms with van der Waals surface area (Å²) < 4.78 is 0. The highest BCUT2D eigenvalue weighted by atomic mass is 32.1.